The Labute approximate surface area is 198 Å². The maximum absolute atomic E-state index is 4.60. The summed E-state index contributed by atoms with van der Waals surface area (Å²) < 4.78 is 0. The average molecular weight is 442 g/mol. The van der Waals surface area contributed by atoms with Crippen molar-refractivity contribution in [3.05, 3.63) is 90.1 Å². The zero-order valence-corrected chi connectivity index (χ0v) is 19.7. The van der Waals surface area contributed by atoms with Gasteiger partial charge in [-0.3, -0.25) is 0 Å². The lowest BCUT2D eigenvalue weighted by Crippen LogP contribution is -2.32. The molecule has 3 aromatic rings. The van der Waals surface area contributed by atoms with Crippen LogP contribution in [0.1, 0.15) is 36.8 Å². The summed E-state index contributed by atoms with van der Waals surface area (Å²) in [6.45, 7) is 1.94. The third-order valence-electron chi connectivity index (χ3n) is 6.33. The molecule has 0 aliphatic heterocycles. The van der Waals surface area contributed by atoms with E-state index in [2.05, 4.69) is 87.3 Å². The van der Waals surface area contributed by atoms with Crippen LogP contribution in [0.25, 0.3) is 5.57 Å². The van der Waals surface area contributed by atoms with Gasteiger partial charge in [0.25, 0.3) is 0 Å². The van der Waals surface area contributed by atoms with E-state index in [1.807, 2.05) is 31.3 Å². The summed E-state index contributed by atoms with van der Waals surface area (Å²) in [5, 5.41) is 7.22. The molecular formula is C28H35N5. The van der Waals surface area contributed by atoms with E-state index in [0.717, 1.165) is 43.6 Å². The van der Waals surface area contributed by atoms with E-state index in [4.69, 9.17) is 0 Å². The fraction of sp³-hybridized carbons (Fsp3) is 0.357. The Balaban J connectivity index is 1.26. The van der Waals surface area contributed by atoms with Gasteiger partial charge >= 0.3 is 0 Å². The molecule has 5 nitrogen and oxygen atoms in total. The van der Waals surface area contributed by atoms with Crippen molar-refractivity contribution in [2.24, 2.45) is 5.92 Å². The second kappa shape index (κ2) is 11.6. The molecular weight excluding hydrogens is 406 g/mol. The van der Waals surface area contributed by atoms with Crippen LogP contribution in [0.3, 0.4) is 0 Å². The second-order valence-corrected chi connectivity index (χ2v) is 9.00. The number of anilines is 2. The Kier molecular flexibility index (Phi) is 8.09. The van der Waals surface area contributed by atoms with Crippen molar-refractivity contribution in [3.8, 4) is 0 Å². The first-order valence-electron chi connectivity index (χ1n) is 12.0. The van der Waals surface area contributed by atoms with Gasteiger partial charge in [-0.05, 0) is 60.9 Å². The van der Waals surface area contributed by atoms with Crippen molar-refractivity contribution in [2.75, 3.05) is 37.4 Å². The lowest BCUT2D eigenvalue weighted by molar-refractivity contribution is 0.327. The van der Waals surface area contributed by atoms with E-state index < -0.39 is 0 Å². The number of hydrogen-bond donors (Lipinski definition) is 2. The summed E-state index contributed by atoms with van der Waals surface area (Å²) >= 11 is 0. The van der Waals surface area contributed by atoms with Gasteiger partial charge in [-0.15, -0.1) is 0 Å². The summed E-state index contributed by atoms with van der Waals surface area (Å²) in [5.41, 5.74) is 3.81. The Morgan fingerprint density at radius 1 is 0.909 bits per heavy atom. The maximum atomic E-state index is 4.60. The average Bonchev–Trinajstić information content (AvgIpc) is 2.86. The van der Waals surface area contributed by atoms with E-state index in [1.165, 1.54) is 29.5 Å². The van der Waals surface area contributed by atoms with Crippen molar-refractivity contribution in [3.63, 3.8) is 0 Å². The van der Waals surface area contributed by atoms with Gasteiger partial charge in [-0.25, -0.2) is 4.98 Å². The third kappa shape index (κ3) is 6.65. The Morgan fingerprint density at radius 2 is 1.55 bits per heavy atom. The zero-order chi connectivity index (χ0) is 22.9. The van der Waals surface area contributed by atoms with Crippen molar-refractivity contribution < 1.29 is 0 Å². The number of benzene rings is 2. The largest absolute Gasteiger partial charge is 0.363 e. The minimum absolute atomic E-state index is 0.460. The van der Waals surface area contributed by atoms with E-state index in [-0.39, 0.29) is 0 Å². The number of rotatable bonds is 9. The Morgan fingerprint density at radius 3 is 2.15 bits per heavy atom. The zero-order valence-electron chi connectivity index (χ0n) is 19.7. The van der Waals surface area contributed by atoms with Gasteiger partial charge in [0.05, 0.1) is 0 Å². The summed E-state index contributed by atoms with van der Waals surface area (Å²) in [6, 6.07) is 23.7. The molecule has 0 radical (unpaired) electrons. The highest BCUT2D eigenvalue weighted by Crippen LogP contribution is 2.26. The first kappa shape index (κ1) is 23.0. The van der Waals surface area contributed by atoms with E-state index in [1.54, 1.807) is 0 Å². The molecule has 4 rings (SSSR count). The molecule has 0 unspecified atom stereocenters. The fourth-order valence-corrected chi connectivity index (χ4v) is 4.46. The van der Waals surface area contributed by atoms with E-state index >= 15 is 0 Å². The molecule has 1 aromatic heterocycles. The van der Waals surface area contributed by atoms with Gasteiger partial charge in [0.1, 0.15) is 5.82 Å². The maximum Gasteiger partial charge on any atom is 0.224 e. The molecule has 172 valence electrons. The predicted octanol–water partition coefficient (Wildman–Crippen LogP) is 5.23. The van der Waals surface area contributed by atoms with Gasteiger partial charge in [-0.2, -0.15) is 4.98 Å². The predicted molar refractivity (Wildman–Crippen MR) is 139 cm³/mol. The minimum Gasteiger partial charge on any atom is -0.363 e. The lowest BCUT2D eigenvalue weighted by atomic mass is 9.86. The number of nitrogens with one attached hydrogen (secondary N) is 2. The molecule has 2 aromatic carbocycles. The third-order valence-corrected chi connectivity index (χ3v) is 6.33. The molecule has 1 heterocycles. The second-order valence-electron chi connectivity index (χ2n) is 9.00. The highest BCUT2D eigenvalue weighted by molar-refractivity contribution is 5.79. The smallest absolute Gasteiger partial charge is 0.224 e. The van der Waals surface area contributed by atoms with Crippen molar-refractivity contribution in [2.45, 2.75) is 31.7 Å². The molecule has 1 saturated carbocycles. The van der Waals surface area contributed by atoms with Gasteiger partial charge in [0, 0.05) is 32.9 Å². The molecule has 0 saturated heterocycles. The quantitative estimate of drug-likeness (QED) is 0.445. The Hall–Kier alpha value is -3.18. The molecule has 0 atom stereocenters. The molecule has 5 heteroatoms. The molecule has 1 aliphatic rings. The summed E-state index contributed by atoms with van der Waals surface area (Å²) in [4.78, 5) is 11.0. The van der Waals surface area contributed by atoms with Crippen LogP contribution in [-0.4, -0.2) is 43.2 Å². The van der Waals surface area contributed by atoms with Gasteiger partial charge < -0.3 is 15.5 Å². The van der Waals surface area contributed by atoms with Crippen LogP contribution in [0.2, 0.25) is 0 Å². The molecule has 33 heavy (non-hydrogen) atoms. The topological polar surface area (TPSA) is 53.1 Å². The normalized spacial score (nSPS) is 17.9. The molecule has 2 N–H and O–H groups in total. The highest BCUT2D eigenvalue weighted by atomic mass is 15.2. The molecule has 0 bridgehead atoms. The summed E-state index contributed by atoms with van der Waals surface area (Å²) in [5.74, 6) is 2.40. The highest BCUT2D eigenvalue weighted by Gasteiger charge is 2.21. The first-order valence-corrected chi connectivity index (χ1v) is 12.0. The van der Waals surface area contributed by atoms with Crippen LogP contribution in [0.4, 0.5) is 11.8 Å². The summed E-state index contributed by atoms with van der Waals surface area (Å²) in [7, 11) is 4.00. The first-order chi connectivity index (χ1) is 16.2. The van der Waals surface area contributed by atoms with Crippen LogP contribution >= 0.6 is 0 Å². The van der Waals surface area contributed by atoms with Crippen LogP contribution in [-0.2, 0) is 0 Å². The molecule has 1 fully saturated rings. The van der Waals surface area contributed by atoms with Crippen molar-refractivity contribution >= 4 is 17.3 Å². The van der Waals surface area contributed by atoms with Crippen LogP contribution < -0.4 is 15.5 Å². The van der Waals surface area contributed by atoms with E-state index in [0.29, 0.717) is 6.04 Å². The van der Waals surface area contributed by atoms with Crippen LogP contribution in [0.15, 0.2) is 79.0 Å². The molecule has 0 spiro atoms. The standard InChI is InChI=1S/C28H35N5/c1-33(2)27-18-20-30-28(32-27)31-25-15-13-22(14-16-25)21-29-19-17-26(23-9-5-3-6-10-23)24-11-7-4-8-12-24/h3-12,17-18,20,22,25,29H,13-16,19,21H2,1-2H3,(H,30,31,32)/t22-,25+. The fourth-order valence-electron chi connectivity index (χ4n) is 4.46. The minimum atomic E-state index is 0.460. The van der Waals surface area contributed by atoms with Crippen LogP contribution in [0.5, 0.6) is 0 Å². The van der Waals surface area contributed by atoms with Gasteiger partial charge in [0.2, 0.25) is 5.95 Å². The monoisotopic (exact) mass is 441 g/mol. The number of nitrogens with zero attached hydrogens (tertiary/aromatic N) is 3. The van der Waals surface area contributed by atoms with Crippen LogP contribution in [0, 0.1) is 5.92 Å². The molecule has 1 aliphatic carbocycles. The van der Waals surface area contributed by atoms with Crippen molar-refractivity contribution in [1.82, 2.24) is 15.3 Å². The summed E-state index contributed by atoms with van der Waals surface area (Å²) in [6.07, 6.45) is 8.94. The van der Waals surface area contributed by atoms with Gasteiger partial charge in [-0.1, -0.05) is 66.7 Å². The van der Waals surface area contributed by atoms with E-state index in [9.17, 15) is 0 Å². The Bertz CT molecular complexity index is 967. The lowest BCUT2D eigenvalue weighted by Gasteiger charge is -2.29. The molecule has 0 amide bonds. The van der Waals surface area contributed by atoms with Gasteiger partial charge in [0.15, 0.2) is 0 Å². The van der Waals surface area contributed by atoms with Crippen molar-refractivity contribution in [1.29, 1.82) is 0 Å². The number of aromatic nitrogens is 2. The SMILES string of the molecule is CN(C)c1ccnc(N[C@H]2CC[C@@H](CNCC=C(c3ccccc3)c3ccccc3)CC2)n1. The number of hydrogen-bond acceptors (Lipinski definition) is 5.